The Bertz CT molecular complexity index is 67.3. The van der Waals surface area contributed by atoms with Crippen molar-refractivity contribution in [3.8, 4) is 0 Å². The van der Waals surface area contributed by atoms with Crippen LogP contribution in [0.4, 0.5) is 0 Å². The third kappa shape index (κ3) is 3.82. The van der Waals surface area contributed by atoms with Crippen molar-refractivity contribution in [3.63, 3.8) is 0 Å². The van der Waals surface area contributed by atoms with Crippen LogP contribution in [0.1, 0.15) is 13.8 Å². The summed E-state index contributed by atoms with van der Waals surface area (Å²) in [4.78, 5) is 0. The number of ether oxygens (including phenoxy) is 2. The molecule has 1 radical (unpaired) electrons. The molecule has 0 bridgehead atoms. The number of hydrogen-bond acceptors (Lipinski definition) is 3. The summed E-state index contributed by atoms with van der Waals surface area (Å²) < 4.78 is 10.0. The van der Waals surface area contributed by atoms with Crippen LogP contribution in [0.25, 0.3) is 0 Å². The molecule has 3 nitrogen and oxygen atoms in total. The Morgan fingerprint density at radius 2 is 1.70 bits per heavy atom. The summed E-state index contributed by atoms with van der Waals surface area (Å²) in [6.07, 6.45) is -1.38. The topological polar surface area (TPSA) is 38.7 Å². The third-order valence-corrected chi connectivity index (χ3v) is 0.976. The first-order valence-electron chi connectivity index (χ1n) is 3.46. The van der Waals surface area contributed by atoms with Crippen LogP contribution in [0.5, 0.6) is 0 Å². The number of aliphatic hydroxyl groups is 1. The lowest BCUT2D eigenvalue weighted by Gasteiger charge is -2.18. The second kappa shape index (κ2) is 5.65. The Morgan fingerprint density at radius 3 is 1.90 bits per heavy atom. The smallest absolute Gasteiger partial charge is 0.183 e. The molecule has 0 aromatic rings. The lowest BCUT2D eigenvalue weighted by molar-refractivity contribution is -0.178. The molecule has 0 amide bonds. The van der Waals surface area contributed by atoms with Crippen molar-refractivity contribution < 1.29 is 14.6 Å². The Morgan fingerprint density at radius 1 is 1.30 bits per heavy atom. The van der Waals surface area contributed by atoms with E-state index < -0.39 is 12.4 Å². The Labute approximate surface area is 62.0 Å². The minimum absolute atomic E-state index is 0.525. The minimum atomic E-state index is -0.806. The fourth-order valence-electron chi connectivity index (χ4n) is 0.599. The zero-order chi connectivity index (χ0) is 7.98. The van der Waals surface area contributed by atoms with Gasteiger partial charge < -0.3 is 14.6 Å². The lowest BCUT2D eigenvalue weighted by Crippen LogP contribution is -2.29. The van der Waals surface area contributed by atoms with E-state index in [4.69, 9.17) is 14.6 Å². The van der Waals surface area contributed by atoms with Crippen LogP contribution < -0.4 is 0 Å². The molecule has 3 heteroatoms. The predicted molar refractivity (Wildman–Crippen MR) is 38.4 cm³/mol. The van der Waals surface area contributed by atoms with E-state index in [1.54, 1.807) is 0 Å². The van der Waals surface area contributed by atoms with Crippen LogP contribution >= 0.6 is 0 Å². The van der Waals surface area contributed by atoms with Gasteiger partial charge in [0.1, 0.15) is 6.10 Å². The normalized spacial score (nSPS) is 14.1. The van der Waals surface area contributed by atoms with Gasteiger partial charge in [-0.2, -0.15) is 0 Å². The number of rotatable bonds is 5. The maximum atomic E-state index is 8.91. The van der Waals surface area contributed by atoms with Gasteiger partial charge in [0.25, 0.3) is 0 Å². The van der Waals surface area contributed by atoms with Gasteiger partial charge in [-0.15, -0.1) is 0 Å². The maximum Gasteiger partial charge on any atom is 0.183 e. The fraction of sp³-hybridized carbons (Fsp3) is 0.857. The summed E-state index contributed by atoms with van der Waals surface area (Å²) in [6.45, 7) is 8.12. The zero-order valence-corrected chi connectivity index (χ0v) is 6.54. The minimum Gasteiger partial charge on any atom is -0.388 e. The highest BCUT2D eigenvalue weighted by Crippen LogP contribution is 1.99. The van der Waals surface area contributed by atoms with Crippen molar-refractivity contribution in [3.05, 3.63) is 6.92 Å². The highest BCUT2D eigenvalue weighted by atomic mass is 16.7. The molecule has 10 heavy (non-hydrogen) atoms. The molecule has 0 aliphatic rings. The van der Waals surface area contributed by atoms with Gasteiger partial charge in [-0.25, -0.2) is 0 Å². The average Bonchev–Trinajstić information content (AvgIpc) is 1.87. The maximum absolute atomic E-state index is 8.91. The van der Waals surface area contributed by atoms with Crippen LogP contribution in [0.2, 0.25) is 0 Å². The fourth-order valence-corrected chi connectivity index (χ4v) is 0.599. The van der Waals surface area contributed by atoms with Gasteiger partial charge in [-0.05, 0) is 20.8 Å². The molecule has 1 atom stereocenters. The van der Waals surface area contributed by atoms with Crippen molar-refractivity contribution in [1.29, 1.82) is 0 Å². The summed E-state index contributed by atoms with van der Waals surface area (Å²) in [5.74, 6) is 0. The van der Waals surface area contributed by atoms with Gasteiger partial charge in [-0.1, -0.05) is 0 Å². The Balaban J connectivity index is 3.50. The zero-order valence-electron chi connectivity index (χ0n) is 6.54. The van der Waals surface area contributed by atoms with Crippen LogP contribution in [0, 0.1) is 6.92 Å². The summed E-state index contributed by atoms with van der Waals surface area (Å²) >= 11 is 0. The summed E-state index contributed by atoms with van der Waals surface area (Å²) in [7, 11) is 0. The molecule has 0 heterocycles. The quantitative estimate of drug-likeness (QED) is 0.578. The predicted octanol–water partition coefficient (Wildman–Crippen LogP) is 0.580. The van der Waals surface area contributed by atoms with Gasteiger partial charge >= 0.3 is 0 Å². The summed E-state index contributed by atoms with van der Waals surface area (Å²) in [5, 5.41) is 8.91. The number of aliphatic hydroxyl groups excluding tert-OH is 1. The molecule has 0 unspecified atom stereocenters. The Kier molecular flexibility index (Phi) is 5.58. The van der Waals surface area contributed by atoms with E-state index in [0.29, 0.717) is 13.2 Å². The monoisotopic (exact) mass is 147 g/mol. The van der Waals surface area contributed by atoms with Crippen molar-refractivity contribution in [2.75, 3.05) is 13.2 Å². The van der Waals surface area contributed by atoms with E-state index in [2.05, 4.69) is 6.92 Å². The van der Waals surface area contributed by atoms with Crippen LogP contribution in [0.15, 0.2) is 0 Å². The first kappa shape index (κ1) is 9.88. The van der Waals surface area contributed by atoms with E-state index in [1.165, 1.54) is 0 Å². The van der Waals surface area contributed by atoms with Crippen molar-refractivity contribution >= 4 is 0 Å². The van der Waals surface area contributed by atoms with Crippen LogP contribution in [0.3, 0.4) is 0 Å². The SMILES string of the molecule is [CH2][C@H](O)C(OCC)OCC. The first-order chi connectivity index (χ1) is 4.72. The van der Waals surface area contributed by atoms with E-state index in [0.717, 1.165) is 0 Å². The van der Waals surface area contributed by atoms with E-state index in [9.17, 15) is 0 Å². The number of hydrogen-bond donors (Lipinski definition) is 1. The molecular formula is C7H15O3. The van der Waals surface area contributed by atoms with Crippen LogP contribution in [-0.2, 0) is 9.47 Å². The summed E-state index contributed by atoms with van der Waals surface area (Å²) in [6, 6.07) is 0. The first-order valence-corrected chi connectivity index (χ1v) is 3.46. The lowest BCUT2D eigenvalue weighted by atomic mass is 10.4. The summed E-state index contributed by atoms with van der Waals surface area (Å²) in [5.41, 5.74) is 0. The average molecular weight is 147 g/mol. The highest BCUT2D eigenvalue weighted by molar-refractivity contribution is 4.60. The standard InChI is InChI=1S/C7H15O3/c1-4-9-7(6(3)8)10-5-2/h6-8H,3-5H2,1-2H3/t6-/m0/s1. The Hall–Kier alpha value is -0.120. The van der Waals surface area contributed by atoms with Crippen LogP contribution in [-0.4, -0.2) is 30.7 Å². The van der Waals surface area contributed by atoms with E-state index in [1.807, 2.05) is 13.8 Å². The van der Waals surface area contributed by atoms with E-state index >= 15 is 0 Å². The molecule has 0 spiro atoms. The molecule has 0 fully saturated rings. The van der Waals surface area contributed by atoms with Gasteiger partial charge in [0, 0.05) is 13.2 Å². The molecule has 0 aliphatic heterocycles. The van der Waals surface area contributed by atoms with Gasteiger partial charge in [-0.3, -0.25) is 0 Å². The van der Waals surface area contributed by atoms with Gasteiger partial charge in [0.05, 0.1) is 0 Å². The second-order valence-corrected chi connectivity index (χ2v) is 1.85. The molecular weight excluding hydrogens is 132 g/mol. The van der Waals surface area contributed by atoms with Gasteiger partial charge in [0.2, 0.25) is 0 Å². The van der Waals surface area contributed by atoms with Crippen molar-refractivity contribution in [1.82, 2.24) is 0 Å². The van der Waals surface area contributed by atoms with Crippen molar-refractivity contribution in [2.45, 2.75) is 26.2 Å². The second-order valence-electron chi connectivity index (χ2n) is 1.85. The van der Waals surface area contributed by atoms with Gasteiger partial charge in [0.15, 0.2) is 6.29 Å². The van der Waals surface area contributed by atoms with E-state index in [-0.39, 0.29) is 0 Å². The molecule has 0 saturated carbocycles. The highest BCUT2D eigenvalue weighted by Gasteiger charge is 2.13. The molecule has 61 valence electrons. The molecule has 0 aromatic carbocycles. The third-order valence-electron chi connectivity index (χ3n) is 0.976. The molecule has 0 aromatic heterocycles. The molecule has 0 rings (SSSR count). The van der Waals surface area contributed by atoms with Crippen molar-refractivity contribution in [2.24, 2.45) is 0 Å². The molecule has 0 saturated heterocycles. The largest absolute Gasteiger partial charge is 0.388 e. The molecule has 0 aliphatic carbocycles. The molecule has 1 N–H and O–H groups in total.